The molecule has 1 N–H and O–H groups in total. The Morgan fingerprint density at radius 2 is 1.90 bits per heavy atom. The number of nitrogens with zero attached hydrogens (tertiary/aromatic N) is 1. The Labute approximate surface area is 88.0 Å². The topological polar surface area (TPSA) is 38.3 Å². The van der Waals surface area contributed by atoms with Gasteiger partial charge in [0.25, 0.3) is 0 Å². The van der Waals surface area contributed by atoms with Crippen LogP contribution >= 0.6 is 12.2 Å². The first kappa shape index (κ1) is 10.7. The second-order valence-corrected chi connectivity index (χ2v) is 2.46. The van der Waals surface area contributed by atoms with Gasteiger partial charge >= 0.3 is 29.6 Å². The summed E-state index contributed by atoms with van der Waals surface area (Å²) in [5.74, 6) is 0. The molecule has 0 aromatic heterocycles. The minimum absolute atomic E-state index is 0. The molecule has 0 aromatic rings. The van der Waals surface area contributed by atoms with Crippen LogP contribution < -0.4 is 40.1 Å². The Bertz CT molecular complexity index is 116. The van der Waals surface area contributed by atoms with E-state index < -0.39 is 0 Å². The summed E-state index contributed by atoms with van der Waals surface area (Å²) in [6.45, 7) is 1.89. The number of hydrazine groups is 1. The van der Waals surface area contributed by atoms with Gasteiger partial charge in [-0.3, -0.25) is 0 Å². The zero-order chi connectivity index (χ0) is 6.69. The minimum atomic E-state index is -0.378. The summed E-state index contributed by atoms with van der Waals surface area (Å²) in [5, 5.41) is 11.7. The molecule has 0 aromatic carbocycles. The van der Waals surface area contributed by atoms with Crippen molar-refractivity contribution in [2.24, 2.45) is 0 Å². The predicted octanol–water partition coefficient (Wildman–Crippen LogP) is -3.76. The van der Waals surface area contributed by atoms with E-state index in [9.17, 15) is 5.11 Å². The van der Waals surface area contributed by atoms with Crippen LogP contribution in [0, 0.1) is 0 Å². The van der Waals surface area contributed by atoms with Crippen molar-refractivity contribution in [3.8, 4) is 0 Å². The average molecular weight is 168 g/mol. The molecule has 0 saturated carbocycles. The van der Waals surface area contributed by atoms with Gasteiger partial charge in [0.05, 0.1) is 0 Å². The van der Waals surface area contributed by atoms with Gasteiger partial charge in [-0.1, -0.05) is 12.2 Å². The van der Waals surface area contributed by atoms with Gasteiger partial charge < -0.3 is 10.5 Å². The van der Waals surface area contributed by atoms with Crippen LogP contribution in [0.25, 0.3) is 0 Å². The van der Waals surface area contributed by atoms with Crippen molar-refractivity contribution in [3.05, 3.63) is 0 Å². The summed E-state index contributed by atoms with van der Waals surface area (Å²) in [5.41, 5.74) is 2.55. The van der Waals surface area contributed by atoms with Gasteiger partial charge in [-0.25, -0.2) is 5.01 Å². The predicted molar refractivity (Wildman–Crippen MR) is 36.5 cm³/mol. The summed E-state index contributed by atoms with van der Waals surface area (Å²) in [4.78, 5) is 0. The van der Waals surface area contributed by atoms with Crippen molar-refractivity contribution in [2.75, 3.05) is 13.1 Å². The molecular weight excluding hydrogens is 159 g/mol. The van der Waals surface area contributed by atoms with Crippen LogP contribution in [0.2, 0.25) is 0 Å². The monoisotopic (exact) mass is 168 g/mol. The fraction of sp³-hybridized carbons (Fsp3) is 0.800. The van der Waals surface area contributed by atoms with Crippen LogP contribution in [0.1, 0.15) is 12.8 Å². The first-order valence-electron chi connectivity index (χ1n) is 3.01. The third-order valence-corrected chi connectivity index (χ3v) is 1.45. The molecule has 1 aliphatic heterocycles. The Kier molecular flexibility index (Phi) is 5.67. The van der Waals surface area contributed by atoms with E-state index in [2.05, 4.69) is 17.6 Å². The number of nitrogens with one attached hydrogen (secondary N) is 1. The van der Waals surface area contributed by atoms with Crippen molar-refractivity contribution in [1.82, 2.24) is 10.4 Å². The molecule has 5 heteroatoms. The van der Waals surface area contributed by atoms with Crippen molar-refractivity contribution < 1.29 is 34.7 Å². The van der Waals surface area contributed by atoms with Gasteiger partial charge in [-0.05, 0) is 12.8 Å². The van der Waals surface area contributed by atoms with E-state index in [4.69, 9.17) is 0 Å². The Hall–Kier alpha value is 0.650. The Morgan fingerprint density at radius 1 is 1.40 bits per heavy atom. The van der Waals surface area contributed by atoms with Gasteiger partial charge in [-0.15, -0.1) is 0 Å². The van der Waals surface area contributed by atoms with E-state index in [-0.39, 0.29) is 34.7 Å². The largest absolute Gasteiger partial charge is 1.00 e. The molecule has 10 heavy (non-hydrogen) atoms. The normalized spacial score (nSPS) is 18.0. The van der Waals surface area contributed by atoms with E-state index >= 15 is 0 Å². The van der Waals surface area contributed by atoms with Gasteiger partial charge in [0, 0.05) is 18.3 Å². The van der Waals surface area contributed by atoms with Crippen LogP contribution in [0.5, 0.6) is 0 Å². The standard InChI is InChI=1S/C5H10N2OS.Na/c8-5(9)6-7-3-1-2-4-7;/h1-4H2,(H2,6,8,9);/q;+1/p-1. The maximum Gasteiger partial charge on any atom is 1.00 e. The van der Waals surface area contributed by atoms with Crippen LogP contribution in [0.15, 0.2) is 0 Å². The van der Waals surface area contributed by atoms with E-state index in [0.29, 0.717) is 0 Å². The molecule has 0 bridgehead atoms. The van der Waals surface area contributed by atoms with Crippen molar-refractivity contribution in [1.29, 1.82) is 0 Å². The number of hydrogen-bond donors (Lipinski definition) is 1. The molecule has 52 valence electrons. The number of thiocarbonyl (C=S) groups is 1. The number of rotatable bonds is 1. The van der Waals surface area contributed by atoms with Crippen molar-refractivity contribution in [2.45, 2.75) is 12.8 Å². The molecule has 1 fully saturated rings. The first-order valence-corrected chi connectivity index (χ1v) is 3.42. The molecule has 1 aliphatic rings. The third kappa shape index (κ3) is 3.73. The molecule has 0 aliphatic carbocycles. The molecule has 0 unspecified atom stereocenters. The maximum atomic E-state index is 10.3. The summed E-state index contributed by atoms with van der Waals surface area (Å²) in [6, 6.07) is 0. The van der Waals surface area contributed by atoms with Crippen LogP contribution in [0.3, 0.4) is 0 Å². The molecule has 3 nitrogen and oxygen atoms in total. The molecule has 1 rings (SSSR count). The SMILES string of the molecule is [Na+].[O-]C(=S)NN1CCCC1. The third-order valence-electron chi connectivity index (χ3n) is 1.36. The Morgan fingerprint density at radius 3 is 2.30 bits per heavy atom. The fourth-order valence-corrected chi connectivity index (χ4v) is 1.09. The molecule has 0 atom stereocenters. The van der Waals surface area contributed by atoms with Crippen LogP contribution in [-0.2, 0) is 0 Å². The quantitative estimate of drug-likeness (QED) is 0.322. The van der Waals surface area contributed by atoms with Gasteiger partial charge in [0.15, 0.2) is 0 Å². The Balaban J connectivity index is 0.000000810. The van der Waals surface area contributed by atoms with Crippen LogP contribution in [-0.4, -0.2) is 23.3 Å². The average Bonchev–Trinajstić information content (AvgIpc) is 2.15. The van der Waals surface area contributed by atoms with Crippen LogP contribution in [0.4, 0.5) is 0 Å². The first-order chi connectivity index (χ1) is 4.29. The van der Waals surface area contributed by atoms with Crippen molar-refractivity contribution >= 4 is 17.4 Å². The molecule has 1 saturated heterocycles. The molecule has 0 radical (unpaired) electrons. The summed E-state index contributed by atoms with van der Waals surface area (Å²) >= 11 is 4.32. The fourth-order valence-electron chi connectivity index (χ4n) is 0.958. The maximum absolute atomic E-state index is 10.3. The number of hydrogen-bond acceptors (Lipinski definition) is 3. The van der Waals surface area contributed by atoms with Gasteiger partial charge in [0.2, 0.25) is 0 Å². The molecule has 0 spiro atoms. The summed E-state index contributed by atoms with van der Waals surface area (Å²) in [6.07, 6.45) is 2.32. The molecule has 0 amide bonds. The zero-order valence-electron chi connectivity index (χ0n) is 6.09. The van der Waals surface area contributed by atoms with E-state index in [0.717, 1.165) is 25.9 Å². The minimum Gasteiger partial charge on any atom is -0.851 e. The van der Waals surface area contributed by atoms with Gasteiger partial charge in [-0.2, -0.15) is 0 Å². The second-order valence-electron chi connectivity index (χ2n) is 2.09. The van der Waals surface area contributed by atoms with E-state index in [1.54, 1.807) is 0 Å². The van der Waals surface area contributed by atoms with E-state index in [1.165, 1.54) is 0 Å². The van der Waals surface area contributed by atoms with Crippen molar-refractivity contribution in [3.63, 3.8) is 0 Å². The summed E-state index contributed by atoms with van der Waals surface area (Å²) in [7, 11) is 0. The van der Waals surface area contributed by atoms with E-state index in [1.807, 2.05) is 5.01 Å². The molecule has 1 heterocycles. The second kappa shape index (κ2) is 5.32. The molecular formula is C5H9N2NaOS. The van der Waals surface area contributed by atoms with Gasteiger partial charge in [0.1, 0.15) is 0 Å². The summed E-state index contributed by atoms with van der Waals surface area (Å²) < 4.78 is 0. The smallest absolute Gasteiger partial charge is 0.851 e. The zero-order valence-corrected chi connectivity index (χ0v) is 8.91.